The van der Waals surface area contributed by atoms with E-state index in [2.05, 4.69) is 71.0 Å². The smallest absolute Gasteiger partial charge is 0.259 e. The van der Waals surface area contributed by atoms with E-state index in [1.165, 1.54) is 11.8 Å². The fraction of sp³-hybridized carbons (Fsp3) is 0.207. The summed E-state index contributed by atoms with van der Waals surface area (Å²) in [5.41, 5.74) is 3.44. The Bertz CT molecular complexity index is 2010. The average Bonchev–Trinajstić information content (AvgIpc) is 3.89. The van der Waals surface area contributed by atoms with Crippen molar-refractivity contribution in [2.75, 3.05) is 0 Å². The first-order valence-electron chi connectivity index (χ1n) is 13.9. The number of hydrogen-bond donors (Lipinski definition) is 0. The van der Waals surface area contributed by atoms with Crippen LogP contribution >= 0.6 is 69.1 Å². The van der Waals surface area contributed by atoms with E-state index in [0.29, 0.717) is 28.4 Å². The minimum absolute atomic E-state index is 0.379. The van der Waals surface area contributed by atoms with E-state index in [4.69, 9.17) is 21.1 Å². The normalized spacial score (nSPS) is 11.5. The Balaban J connectivity index is 1.18. The molecule has 10 nitrogen and oxygen atoms in total. The Morgan fingerprint density at radius 1 is 0.844 bits per heavy atom. The van der Waals surface area contributed by atoms with Crippen molar-refractivity contribution < 1.29 is 4.52 Å². The minimum atomic E-state index is 0.379. The van der Waals surface area contributed by atoms with Crippen LogP contribution in [0.25, 0.3) is 44.0 Å². The maximum Gasteiger partial charge on any atom is 0.259 e. The number of thiophene rings is 3. The lowest BCUT2D eigenvalue weighted by molar-refractivity contribution is 0.425. The molecule has 0 aliphatic carbocycles. The molecule has 16 heteroatoms. The zero-order chi connectivity index (χ0) is 30.8. The molecule has 228 valence electrons. The van der Waals surface area contributed by atoms with Gasteiger partial charge < -0.3 is 13.7 Å². The van der Waals surface area contributed by atoms with Crippen molar-refractivity contribution in [2.45, 2.75) is 48.8 Å². The summed E-state index contributed by atoms with van der Waals surface area (Å²) in [5.74, 6) is 3.60. The van der Waals surface area contributed by atoms with Crippen LogP contribution in [0.5, 0.6) is 0 Å². The lowest BCUT2D eigenvalue weighted by Gasteiger charge is -2.13. The molecule has 45 heavy (non-hydrogen) atoms. The predicted molar refractivity (Wildman–Crippen MR) is 183 cm³/mol. The predicted octanol–water partition coefficient (Wildman–Crippen LogP) is 8.78. The largest absolute Gasteiger partial charge is 0.334 e. The molecule has 0 amide bonds. The highest BCUT2D eigenvalue weighted by Gasteiger charge is 2.24. The molecule has 0 bridgehead atoms. The number of nitrogens with zero attached hydrogens (tertiary/aromatic N) is 9. The van der Waals surface area contributed by atoms with Crippen molar-refractivity contribution >= 4 is 69.1 Å². The molecule has 7 rings (SSSR count). The Kier molecular flexibility index (Phi) is 9.14. The molecular weight excluding hydrogens is 686 g/mol. The number of thioether (sulfide) groups is 2. The van der Waals surface area contributed by atoms with Crippen LogP contribution in [0.4, 0.5) is 0 Å². The lowest BCUT2D eigenvalue weighted by Crippen LogP contribution is -2.01. The van der Waals surface area contributed by atoms with Crippen molar-refractivity contribution in [1.29, 1.82) is 0 Å². The zero-order valence-corrected chi connectivity index (χ0v) is 28.8. The van der Waals surface area contributed by atoms with Crippen molar-refractivity contribution in [1.82, 2.24) is 44.7 Å². The number of halogens is 1. The second-order valence-corrected chi connectivity index (χ2v) is 14.4. The fourth-order valence-electron chi connectivity index (χ4n) is 4.76. The summed E-state index contributed by atoms with van der Waals surface area (Å²) in [6.45, 7) is 5.66. The highest BCUT2D eigenvalue weighted by atomic mass is 35.5. The van der Waals surface area contributed by atoms with Crippen LogP contribution < -0.4 is 0 Å². The minimum Gasteiger partial charge on any atom is -0.334 e. The number of aromatic nitrogens is 9. The third-order valence-electron chi connectivity index (χ3n) is 6.87. The van der Waals surface area contributed by atoms with Gasteiger partial charge in [-0.05, 0) is 59.1 Å². The van der Waals surface area contributed by atoms with Gasteiger partial charge in [-0.3, -0.25) is 0 Å². The Labute approximate surface area is 283 Å². The van der Waals surface area contributed by atoms with Gasteiger partial charge in [-0.15, -0.1) is 43.1 Å². The van der Waals surface area contributed by atoms with Gasteiger partial charge in [-0.25, -0.2) is 4.98 Å². The van der Waals surface area contributed by atoms with Crippen molar-refractivity contribution in [2.24, 2.45) is 0 Å². The first-order chi connectivity index (χ1) is 22.1. The van der Waals surface area contributed by atoms with E-state index < -0.39 is 0 Å². The summed E-state index contributed by atoms with van der Waals surface area (Å²) in [6.07, 6.45) is 1.77. The van der Waals surface area contributed by atoms with Gasteiger partial charge >= 0.3 is 0 Å². The average molecular weight is 710 g/mol. The first kappa shape index (κ1) is 30.3. The molecule has 7 aromatic rings. The number of pyridine rings is 1. The van der Waals surface area contributed by atoms with Crippen LogP contribution in [-0.2, 0) is 24.6 Å². The number of rotatable bonds is 12. The Morgan fingerprint density at radius 2 is 1.51 bits per heavy atom. The maximum absolute atomic E-state index is 6.79. The van der Waals surface area contributed by atoms with Gasteiger partial charge in [-0.2, -0.15) is 16.3 Å². The third kappa shape index (κ3) is 6.12. The molecule has 0 radical (unpaired) electrons. The van der Waals surface area contributed by atoms with Gasteiger partial charge in [0.1, 0.15) is 5.15 Å². The van der Waals surface area contributed by atoms with Crippen LogP contribution in [0.3, 0.4) is 0 Å². The van der Waals surface area contributed by atoms with Crippen molar-refractivity contribution in [3.63, 3.8) is 0 Å². The van der Waals surface area contributed by atoms with Crippen LogP contribution in [0.2, 0.25) is 5.15 Å². The second kappa shape index (κ2) is 13.6. The fourth-order valence-corrected chi connectivity index (χ4v) is 9.01. The molecule has 0 unspecified atom stereocenters. The lowest BCUT2D eigenvalue weighted by atomic mass is 10.0. The zero-order valence-electron chi connectivity index (χ0n) is 24.0. The summed E-state index contributed by atoms with van der Waals surface area (Å²) >= 11 is 14.8. The molecule has 0 saturated carbocycles. The molecule has 0 aliphatic heterocycles. The van der Waals surface area contributed by atoms with Gasteiger partial charge in [0.15, 0.2) is 27.8 Å². The molecule has 0 aromatic carbocycles. The van der Waals surface area contributed by atoms with Gasteiger partial charge in [0, 0.05) is 36.2 Å². The molecule has 0 N–H and O–H groups in total. The molecular formula is C29H24ClN9OS5. The summed E-state index contributed by atoms with van der Waals surface area (Å²) in [7, 11) is 0. The molecule has 0 aliphatic rings. The van der Waals surface area contributed by atoms with E-state index in [1.54, 1.807) is 52.0 Å². The van der Waals surface area contributed by atoms with Gasteiger partial charge in [-0.1, -0.05) is 52.4 Å². The van der Waals surface area contributed by atoms with Gasteiger partial charge in [0.25, 0.3) is 5.89 Å². The molecule has 0 saturated heterocycles. The summed E-state index contributed by atoms with van der Waals surface area (Å²) < 4.78 is 10.1. The van der Waals surface area contributed by atoms with E-state index >= 15 is 0 Å². The topological polar surface area (TPSA) is 113 Å². The summed E-state index contributed by atoms with van der Waals surface area (Å²) in [4.78, 5) is 11.5. The van der Waals surface area contributed by atoms with Crippen molar-refractivity contribution in [3.8, 4) is 44.0 Å². The standard InChI is InChI=1S/C29H24ClN9OS5/c1-3-38-25(20-7-5-10-42-20)33-35-28(38)44-15-19-23(18(13-31-24(19)30)17-9-12-41-14-17)27-32-22(37-40-27)16-45-29-36-34-26(39(29)4-2)21-8-6-11-43-21/h5-14H,3-4,15-16H2,1-2H3. The Morgan fingerprint density at radius 3 is 2.09 bits per heavy atom. The van der Waals surface area contributed by atoms with Crippen LogP contribution in [0.1, 0.15) is 25.2 Å². The Hall–Kier alpha value is -3.34. The van der Waals surface area contributed by atoms with E-state index in [9.17, 15) is 0 Å². The van der Waals surface area contributed by atoms with E-state index in [1.807, 2.05) is 34.3 Å². The summed E-state index contributed by atoms with van der Waals surface area (Å²) in [5, 5.41) is 32.4. The molecule has 7 heterocycles. The third-order valence-corrected chi connectivity index (χ3v) is 11.6. The summed E-state index contributed by atoms with van der Waals surface area (Å²) in [6, 6.07) is 10.2. The van der Waals surface area contributed by atoms with Crippen LogP contribution in [-0.4, -0.2) is 44.7 Å². The monoisotopic (exact) mass is 709 g/mol. The number of hydrogen-bond acceptors (Lipinski definition) is 13. The van der Waals surface area contributed by atoms with Gasteiger partial charge in [0.2, 0.25) is 0 Å². The van der Waals surface area contributed by atoms with E-state index in [-0.39, 0.29) is 0 Å². The van der Waals surface area contributed by atoms with E-state index in [0.717, 1.165) is 67.1 Å². The molecule has 7 aromatic heterocycles. The molecule has 0 atom stereocenters. The highest BCUT2D eigenvalue weighted by Crippen LogP contribution is 2.40. The van der Waals surface area contributed by atoms with Crippen molar-refractivity contribution in [3.05, 3.63) is 74.6 Å². The van der Waals surface area contributed by atoms with Gasteiger partial charge in [0.05, 0.1) is 21.1 Å². The molecule has 0 fully saturated rings. The maximum atomic E-state index is 6.79. The first-order valence-corrected chi connectivity index (χ1v) is 18.9. The quantitative estimate of drug-likeness (QED) is 0.0901. The SMILES string of the molecule is CCn1c(SCc2noc(-c3c(-c4ccsc4)cnc(Cl)c3CSc3nnc(-c4cccs4)n3CC)n2)nnc1-c1cccs1. The highest BCUT2D eigenvalue weighted by molar-refractivity contribution is 7.98. The molecule has 0 spiro atoms. The van der Waals surface area contributed by atoms with Crippen LogP contribution in [0.15, 0.2) is 72.9 Å². The van der Waals surface area contributed by atoms with Crippen LogP contribution in [0, 0.1) is 0 Å². The second-order valence-electron chi connectivity index (χ2n) is 9.48.